The number of carbonyl (C=O) groups excluding carboxylic acids is 1. The number of amides is 1. The molecule has 0 aliphatic heterocycles. The van der Waals surface area contributed by atoms with Crippen LogP contribution in [0.3, 0.4) is 0 Å². The number of carboxylic acids is 1. The molecule has 0 aromatic rings. The molecule has 0 aliphatic carbocycles. The Labute approximate surface area is 77.0 Å². The molecule has 0 rings (SSSR count). The first-order valence-electron chi connectivity index (χ1n) is 3.18. The maximum Gasteiger partial charge on any atom is 0.490 e. The van der Waals surface area contributed by atoms with Gasteiger partial charge >= 0.3 is 12.1 Å². The van der Waals surface area contributed by atoms with Crippen LogP contribution in [0, 0.1) is 0 Å². The first-order valence-corrected chi connectivity index (χ1v) is 3.18. The Kier molecular flexibility index (Phi) is 7.67. The van der Waals surface area contributed by atoms with E-state index >= 15 is 0 Å². The number of hydrogen-bond donors (Lipinski definition) is 2. The van der Waals surface area contributed by atoms with Crippen molar-refractivity contribution in [1.29, 1.82) is 0 Å². The Morgan fingerprint density at radius 2 is 2.00 bits per heavy atom. The molecule has 6 nitrogen and oxygen atoms in total. The Bertz CT molecular complexity index is 184. The Morgan fingerprint density at radius 3 is 2.07 bits per heavy atom. The molecule has 0 aliphatic rings. The lowest BCUT2D eigenvalue weighted by Crippen LogP contribution is -2.29. The largest absolute Gasteiger partial charge is 0.490 e. The highest BCUT2D eigenvalue weighted by atomic mass is 19.4. The third-order valence-electron chi connectivity index (χ3n) is 0.625. The smallest absolute Gasteiger partial charge is 0.475 e. The number of aliphatic carboxylic acids is 1. The highest BCUT2D eigenvalue weighted by molar-refractivity contribution is 5.73. The zero-order chi connectivity index (χ0) is 11.8. The molecule has 0 aromatic heterocycles. The van der Waals surface area contributed by atoms with Crippen molar-refractivity contribution in [1.82, 2.24) is 5.17 Å². The van der Waals surface area contributed by atoms with Crippen molar-refractivity contribution < 1.29 is 32.7 Å². The maximum atomic E-state index is 10.6. The SMILES string of the molecule is CCON(N)C=O.O=C(O)C(F)(F)F. The highest BCUT2D eigenvalue weighted by Gasteiger charge is 2.38. The number of carboxylic acid groups (broad SMARTS) is 1. The molecule has 9 heteroatoms. The average Bonchev–Trinajstić information content (AvgIpc) is 2.04. The van der Waals surface area contributed by atoms with Gasteiger partial charge in [0.2, 0.25) is 6.41 Å². The lowest BCUT2D eigenvalue weighted by atomic mass is 10.7. The van der Waals surface area contributed by atoms with E-state index in [4.69, 9.17) is 15.7 Å². The van der Waals surface area contributed by atoms with Crippen molar-refractivity contribution in [2.45, 2.75) is 13.1 Å². The zero-order valence-electron chi connectivity index (χ0n) is 7.11. The molecular weight excluding hydrogens is 209 g/mol. The monoisotopic (exact) mass is 218 g/mol. The fourth-order valence-electron chi connectivity index (χ4n) is 0.180. The number of carbonyl (C=O) groups is 2. The summed E-state index contributed by atoms with van der Waals surface area (Å²) in [6, 6.07) is 0. The number of nitrogens with two attached hydrogens (primary N) is 1. The van der Waals surface area contributed by atoms with Gasteiger partial charge < -0.3 is 5.11 Å². The number of rotatable bonds is 3. The minimum Gasteiger partial charge on any atom is -0.475 e. The van der Waals surface area contributed by atoms with Crippen molar-refractivity contribution in [2.75, 3.05) is 6.61 Å². The van der Waals surface area contributed by atoms with E-state index in [0.717, 1.165) is 0 Å². The average molecular weight is 218 g/mol. The van der Waals surface area contributed by atoms with E-state index in [0.29, 0.717) is 18.2 Å². The van der Waals surface area contributed by atoms with Gasteiger partial charge in [-0.15, -0.1) is 0 Å². The molecule has 3 N–H and O–H groups in total. The molecule has 0 bridgehead atoms. The van der Waals surface area contributed by atoms with E-state index in [2.05, 4.69) is 4.84 Å². The summed E-state index contributed by atoms with van der Waals surface area (Å²) in [6.45, 7) is 2.15. The molecule has 0 spiro atoms. The van der Waals surface area contributed by atoms with E-state index in [-0.39, 0.29) is 0 Å². The summed E-state index contributed by atoms with van der Waals surface area (Å²) in [5, 5.41) is 7.75. The van der Waals surface area contributed by atoms with Crippen LogP contribution in [0.5, 0.6) is 0 Å². The van der Waals surface area contributed by atoms with Crippen molar-refractivity contribution in [3.8, 4) is 0 Å². The van der Waals surface area contributed by atoms with Crippen LogP contribution in [-0.4, -0.2) is 35.4 Å². The zero-order valence-corrected chi connectivity index (χ0v) is 7.11. The highest BCUT2D eigenvalue weighted by Crippen LogP contribution is 2.13. The van der Waals surface area contributed by atoms with Gasteiger partial charge in [-0.2, -0.15) is 18.3 Å². The molecule has 84 valence electrons. The molecular formula is C5H9F3N2O4. The molecule has 0 heterocycles. The summed E-state index contributed by atoms with van der Waals surface area (Å²) in [5.74, 6) is 2.07. The van der Waals surface area contributed by atoms with Crippen LogP contribution >= 0.6 is 0 Å². The van der Waals surface area contributed by atoms with E-state index in [1.807, 2.05) is 0 Å². The predicted octanol–water partition coefficient (Wildman–Crippen LogP) is -0.0967. The fraction of sp³-hybridized carbons (Fsp3) is 0.600. The molecule has 1 amide bonds. The number of alkyl halides is 3. The van der Waals surface area contributed by atoms with Gasteiger partial charge in [0.1, 0.15) is 0 Å². The standard InChI is InChI=1S/C3H8N2O2.C2HF3O2/c1-2-7-5(4)3-6;3-2(4,5)1(6)7/h3H,2,4H2,1H3;(H,6,7). The quantitative estimate of drug-likeness (QED) is 0.298. The van der Waals surface area contributed by atoms with Crippen LogP contribution in [0.1, 0.15) is 6.92 Å². The van der Waals surface area contributed by atoms with E-state index < -0.39 is 12.1 Å². The van der Waals surface area contributed by atoms with Crippen molar-refractivity contribution in [3.63, 3.8) is 0 Å². The van der Waals surface area contributed by atoms with Crippen LogP contribution in [-0.2, 0) is 14.4 Å². The van der Waals surface area contributed by atoms with Gasteiger partial charge in [0, 0.05) is 0 Å². The van der Waals surface area contributed by atoms with Crippen LogP contribution in [0.25, 0.3) is 0 Å². The number of hydrogen-bond acceptors (Lipinski definition) is 4. The van der Waals surface area contributed by atoms with Gasteiger partial charge in [-0.25, -0.2) is 10.6 Å². The first kappa shape index (κ1) is 15.1. The second kappa shape index (κ2) is 7.09. The third-order valence-corrected chi connectivity index (χ3v) is 0.625. The lowest BCUT2D eigenvalue weighted by Gasteiger charge is -2.05. The van der Waals surface area contributed by atoms with Gasteiger partial charge in [0.05, 0.1) is 6.61 Å². The maximum absolute atomic E-state index is 10.6. The van der Waals surface area contributed by atoms with Crippen molar-refractivity contribution >= 4 is 12.4 Å². The summed E-state index contributed by atoms with van der Waals surface area (Å²) in [6.07, 6.45) is -4.69. The second-order valence-corrected chi connectivity index (χ2v) is 1.69. The Morgan fingerprint density at radius 1 is 1.64 bits per heavy atom. The number of hydroxylamine groups is 1. The van der Waals surface area contributed by atoms with E-state index in [1.165, 1.54) is 0 Å². The summed E-state index contributed by atoms with van der Waals surface area (Å²) >= 11 is 0. The van der Waals surface area contributed by atoms with Crippen molar-refractivity contribution in [3.05, 3.63) is 0 Å². The van der Waals surface area contributed by atoms with E-state index in [1.54, 1.807) is 6.92 Å². The Balaban J connectivity index is 0. The summed E-state index contributed by atoms with van der Waals surface area (Å²) in [4.78, 5) is 22.9. The van der Waals surface area contributed by atoms with Gasteiger partial charge in [-0.1, -0.05) is 0 Å². The number of halogens is 3. The molecule has 0 radical (unpaired) electrons. The molecule has 0 atom stereocenters. The molecule has 0 aromatic carbocycles. The minimum absolute atomic E-state index is 0.392. The van der Waals surface area contributed by atoms with Gasteiger partial charge in [-0.05, 0) is 6.92 Å². The molecule has 0 saturated heterocycles. The normalized spacial score (nSPS) is 9.79. The van der Waals surface area contributed by atoms with E-state index in [9.17, 15) is 18.0 Å². The number of hydrazine groups is 1. The third kappa shape index (κ3) is 10.7. The summed E-state index contributed by atoms with van der Waals surface area (Å²) in [5.41, 5.74) is 0. The van der Waals surface area contributed by atoms with Gasteiger partial charge in [0.15, 0.2) is 0 Å². The lowest BCUT2D eigenvalue weighted by molar-refractivity contribution is -0.192. The first-order chi connectivity index (χ1) is 6.25. The fourth-order valence-corrected chi connectivity index (χ4v) is 0.180. The van der Waals surface area contributed by atoms with Crippen LogP contribution in [0.2, 0.25) is 0 Å². The molecule has 0 unspecified atom stereocenters. The molecule has 0 saturated carbocycles. The topological polar surface area (TPSA) is 92.9 Å². The van der Waals surface area contributed by atoms with Gasteiger partial charge in [-0.3, -0.25) is 9.63 Å². The summed E-state index contributed by atoms with van der Waals surface area (Å²) < 4.78 is 31.7. The second-order valence-electron chi connectivity index (χ2n) is 1.69. The predicted molar refractivity (Wildman–Crippen MR) is 37.4 cm³/mol. The van der Waals surface area contributed by atoms with Gasteiger partial charge in [0.25, 0.3) is 0 Å². The molecule has 0 fully saturated rings. The summed E-state index contributed by atoms with van der Waals surface area (Å²) in [7, 11) is 0. The van der Waals surface area contributed by atoms with Crippen LogP contribution < -0.4 is 5.84 Å². The van der Waals surface area contributed by atoms with Crippen LogP contribution in [0.15, 0.2) is 0 Å². The minimum atomic E-state index is -5.08. The Hall–Kier alpha value is -1.35. The van der Waals surface area contributed by atoms with Crippen molar-refractivity contribution in [2.24, 2.45) is 5.84 Å². The number of nitrogens with zero attached hydrogens (tertiary/aromatic N) is 1. The van der Waals surface area contributed by atoms with Crippen LogP contribution in [0.4, 0.5) is 13.2 Å². The molecule has 14 heavy (non-hydrogen) atoms.